The smallest absolute Gasteiger partial charge is 0.244 e. The first-order chi connectivity index (χ1) is 12.4. The number of rotatable bonds is 6. The zero-order valence-corrected chi connectivity index (χ0v) is 15.5. The van der Waals surface area contributed by atoms with E-state index < -0.39 is 16.1 Å². The van der Waals surface area contributed by atoms with Gasteiger partial charge in [0.05, 0.1) is 13.2 Å². The van der Waals surface area contributed by atoms with Crippen molar-refractivity contribution in [3.63, 3.8) is 0 Å². The van der Waals surface area contributed by atoms with E-state index in [9.17, 15) is 13.5 Å². The van der Waals surface area contributed by atoms with Crippen LogP contribution in [0.1, 0.15) is 17.2 Å². The van der Waals surface area contributed by atoms with Crippen molar-refractivity contribution >= 4 is 20.8 Å². The van der Waals surface area contributed by atoms with Gasteiger partial charge in [0.2, 0.25) is 10.0 Å². The number of benzene rings is 3. The highest BCUT2D eigenvalue weighted by Crippen LogP contribution is 2.26. The number of aliphatic hydroxyl groups excluding tert-OH is 1. The number of ether oxygens (including phenoxy) is 1. The van der Waals surface area contributed by atoms with Crippen molar-refractivity contribution in [2.75, 3.05) is 13.7 Å². The Hall–Kier alpha value is -2.41. The van der Waals surface area contributed by atoms with Crippen molar-refractivity contribution < 1.29 is 18.3 Å². The number of hydrogen-bond acceptors (Lipinski definition) is 4. The van der Waals surface area contributed by atoms with Gasteiger partial charge in [0, 0.05) is 6.54 Å². The fourth-order valence-electron chi connectivity index (χ4n) is 2.91. The lowest BCUT2D eigenvalue weighted by Crippen LogP contribution is -2.29. The fraction of sp³-hybridized carbons (Fsp3) is 0.200. The van der Waals surface area contributed by atoms with E-state index in [2.05, 4.69) is 4.72 Å². The van der Waals surface area contributed by atoms with Gasteiger partial charge < -0.3 is 9.84 Å². The average Bonchev–Trinajstić information content (AvgIpc) is 2.65. The molecule has 136 valence electrons. The van der Waals surface area contributed by atoms with Crippen LogP contribution < -0.4 is 9.46 Å². The summed E-state index contributed by atoms with van der Waals surface area (Å²) in [6.07, 6.45) is -0.966. The maximum absolute atomic E-state index is 12.7. The molecule has 0 saturated heterocycles. The Kier molecular flexibility index (Phi) is 5.27. The van der Waals surface area contributed by atoms with Crippen LogP contribution >= 0.6 is 0 Å². The van der Waals surface area contributed by atoms with E-state index in [1.165, 1.54) is 7.11 Å². The standard InChI is InChI=1S/C20H21NO4S/c1-14-10-11-19(25-2)20(12-14)26(23,24)21-13-18(22)17-9-5-7-15-6-3-4-8-16(15)17/h3-12,18,21-22H,13H2,1-2H3. The van der Waals surface area contributed by atoms with E-state index in [0.29, 0.717) is 5.56 Å². The second-order valence-corrected chi connectivity index (χ2v) is 7.83. The molecule has 1 unspecified atom stereocenters. The first-order valence-corrected chi connectivity index (χ1v) is 9.71. The first-order valence-electron chi connectivity index (χ1n) is 8.22. The number of aliphatic hydroxyl groups is 1. The van der Waals surface area contributed by atoms with Gasteiger partial charge in [-0.2, -0.15) is 0 Å². The molecule has 3 rings (SSSR count). The lowest BCUT2D eigenvalue weighted by Gasteiger charge is -2.16. The second-order valence-electron chi connectivity index (χ2n) is 6.09. The summed E-state index contributed by atoms with van der Waals surface area (Å²) in [5.41, 5.74) is 1.49. The predicted molar refractivity (Wildman–Crippen MR) is 102 cm³/mol. The highest BCUT2D eigenvalue weighted by molar-refractivity contribution is 7.89. The van der Waals surface area contributed by atoms with E-state index in [1.807, 2.05) is 43.3 Å². The van der Waals surface area contributed by atoms with Gasteiger partial charge in [0.15, 0.2) is 0 Å². The molecule has 0 heterocycles. The summed E-state index contributed by atoms with van der Waals surface area (Å²) >= 11 is 0. The van der Waals surface area contributed by atoms with Crippen molar-refractivity contribution in [1.82, 2.24) is 4.72 Å². The van der Waals surface area contributed by atoms with Crippen molar-refractivity contribution in [1.29, 1.82) is 0 Å². The minimum absolute atomic E-state index is 0.0603. The molecule has 1 atom stereocenters. The van der Waals surface area contributed by atoms with Crippen molar-refractivity contribution in [2.24, 2.45) is 0 Å². The molecule has 0 fully saturated rings. The number of nitrogens with one attached hydrogen (secondary N) is 1. The van der Waals surface area contributed by atoms with Crippen LogP contribution in [0.2, 0.25) is 0 Å². The van der Waals surface area contributed by atoms with Gasteiger partial charge >= 0.3 is 0 Å². The Morgan fingerprint density at radius 1 is 1.08 bits per heavy atom. The highest BCUT2D eigenvalue weighted by atomic mass is 32.2. The van der Waals surface area contributed by atoms with Crippen LogP contribution in [0.4, 0.5) is 0 Å². The molecule has 26 heavy (non-hydrogen) atoms. The van der Waals surface area contributed by atoms with Crippen LogP contribution in [0.15, 0.2) is 65.6 Å². The van der Waals surface area contributed by atoms with Gasteiger partial charge in [-0.05, 0) is 41.0 Å². The summed E-state index contributed by atoms with van der Waals surface area (Å²) in [4.78, 5) is 0.0603. The molecular formula is C20H21NO4S. The lowest BCUT2D eigenvalue weighted by molar-refractivity contribution is 0.183. The van der Waals surface area contributed by atoms with Crippen LogP contribution in [0.25, 0.3) is 10.8 Å². The Bertz CT molecular complexity index is 1030. The summed E-state index contributed by atoms with van der Waals surface area (Å²) in [6, 6.07) is 18.2. The van der Waals surface area contributed by atoms with Crippen LogP contribution in [0.3, 0.4) is 0 Å². The van der Waals surface area contributed by atoms with Gasteiger partial charge in [-0.15, -0.1) is 0 Å². The molecule has 5 nitrogen and oxygen atoms in total. The van der Waals surface area contributed by atoms with Crippen LogP contribution in [0.5, 0.6) is 5.75 Å². The Morgan fingerprint density at radius 3 is 2.58 bits per heavy atom. The Balaban J connectivity index is 1.85. The zero-order valence-electron chi connectivity index (χ0n) is 14.6. The fourth-order valence-corrected chi connectivity index (χ4v) is 4.20. The molecule has 0 radical (unpaired) electrons. The summed E-state index contributed by atoms with van der Waals surface area (Å²) in [7, 11) is -2.39. The third-order valence-electron chi connectivity index (χ3n) is 4.26. The molecule has 0 bridgehead atoms. The Morgan fingerprint density at radius 2 is 1.81 bits per heavy atom. The maximum atomic E-state index is 12.7. The third kappa shape index (κ3) is 3.72. The molecule has 0 aliphatic carbocycles. The maximum Gasteiger partial charge on any atom is 0.244 e. The van der Waals surface area contributed by atoms with Gasteiger partial charge in [0.25, 0.3) is 0 Å². The van der Waals surface area contributed by atoms with E-state index >= 15 is 0 Å². The van der Waals surface area contributed by atoms with Crippen LogP contribution in [-0.2, 0) is 10.0 Å². The largest absolute Gasteiger partial charge is 0.495 e. The Labute approximate surface area is 153 Å². The molecule has 0 saturated carbocycles. The molecule has 0 aromatic heterocycles. The summed E-state index contributed by atoms with van der Waals surface area (Å²) in [6.45, 7) is 1.68. The minimum Gasteiger partial charge on any atom is -0.495 e. The number of sulfonamides is 1. The third-order valence-corrected chi connectivity index (χ3v) is 5.70. The van der Waals surface area contributed by atoms with Crippen molar-refractivity contribution in [3.8, 4) is 5.75 Å². The second kappa shape index (κ2) is 7.45. The average molecular weight is 371 g/mol. The monoisotopic (exact) mass is 371 g/mol. The molecule has 6 heteroatoms. The SMILES string of the molecule is COc1ccc(C)cc1S(=O)(=O)NCC(O)c1cccc2ccccc12. The predicted octanol–water partition coefficient (Wildman–Crippen LogP) is 3.17. The van der Waals surface area contributed by atoms with Gasteiger partial charge in [-0.3, -0.25) is 0 Å². The number of hydrogen-bond donors (Lipinski definition) is 2. The molecule has 3 aromatic rings. The molecule has 3 aromatic carbocycles. The molecular weight excluding hydrogens is 350 g/mol. The van der Waals surface area contributed by atoms with Gasteiger partial charge in [-0.1, -0.05) is 48.5 Å². The topological polar surface area (TPSA) is 75.6 Å². The van der Waals surface area contributed by atoms with Crippen molar-refractivity contribution in [3.05, 3.63) is 71.8 Å². The normalized spacial score (nSPS) is 12.9. The quantitative estimate of drug-likeness (QED) is 0.698. The van der Waals surface area contributed by atoms with Crippen LogP contribution in [0, 0.1) is 6.92 Å². The van der Waals surface area contributed by atoms with Crippen molar-refractivity contribution in [2.45, 2.75) is 17.9 Å². The molecule has 0 aliphatic heterocycles. The number of fused-ring (bicyclic) bond motifs is 1. The zero-order chi connectivity index (χ0) is 18.7. The molecule has 0 spiro atoms. The van der Waals surface area contributed by atoms with Gasteiger partial charge in [-0.25, -0.2) is 13.1 Å². The highest BCUT2D eigenvalue weighted by Gasteiger charge is 2.21. The summed E-state index contributed by atoms with van der Waals surface area (Å²) in [5.74, 6) is 0.266. The van der Waals surface area contributed by atoms with Gasteiger partial charge in [0.1, 0.15) is 10.6 Å². The first kappa shape index (κ1) is 18.4. The number of methoxy groups -OCH3 is 1. The minimum atomic E-state index is -3.82. The number of aryl methyl sites for hydroxylation is 1. The summed E-state index contributed by atoms with van der Waals surface area (Å²) in [5, 5.41) is 12.4. The lowest BCUT2D eigenvalue weighted by atomic mass is 10.0. The molecule has 0 amide bonds. The summed E-state index contributed by atoms with van der Waals surface area (Å²) < 4.78 is 33.0. The molecule has 2 N–H and O–H groups in total. The van der Waals surface area contributed by atoms with E-state index in [1.54, 1.807) is 24.3 Å². The molecule has 0 aliphatic rings. The van der Waals surface area contributed by atoms with Crippen LogP contribution in [-0.4, -0.2) is 27.2 Å². The van der Waals surface area contributed by atoms with E-state index in [0.717, 1.165) is 16.3 Å². The van der Waals surface area contributed by atoms with E-state index in [-0.39, 0.29) is 17.2 Å². The van der Waals surface area contributed by atoms with E-state index in [4.69, 9.17) is 4.74 Å².